The van der Waals surface area contributed by atoms with E-state index in [1.807, 2.05) is 48.5 Å². The SMILES string of the molecule is COc1ccc(C(C)c2cc(C(C)c3ccc(CO)cc3)c(CO)cc2OC)c(OC)c1. The number of ether oxygens (including phenoxy) is 3. The van der Waals surface area contributed by atoms with Crippen LogP contribution in [-0.4, -0.2) is 31.5 Å². The lowest BCUT2D eigenvalue weighted by Gasteiger charge is -2.24. The van der Waals surface area contributed by atoms with Gasteiger partial charge in [0.1, 0.15) is 17.2 Å². The van der Waals surface area contributed by atoms with Crippen LogP contribution in [0.3, 0.4) is 0 Å². The van der Waals surface area contributed by atoms with Gasteiger partial charge < -0.3 is 24.4 Å². The van der Waals surface area contributed by atoms with Gasteiger partial charge in [0, 0.05) is 29.0 Å². The number of aliphatic hydroxyl groups is 2. The highest BCUT2D eigenvalue weighted by Crippen LogP contribution is 2.41. The summed E-state index contributed by atoms with van der Waals surface area (Å²) in [6.07, 6.45) is 0. The van der Waals surface area contributed by atoms with E-state index >= 15 is 0 Å². The van der Waals surface area contributed by atoms with E-state index in [0.29, 0.717) is 0 Å². The molecule has 5 nitrogen and oxygen atoms in total. The second kappa shape index (κ2) is 10.5. The summed E-state index contributed by atoms with van der Waals surface area (Å²) in [4.78, 5) is 0. The monoisotopic (exact) mass is 436 g/mol. The third-order valence-electron chi connectivity index (χ3n) is 6.16. The Bertz CT molecular complexity index is 1040. The van der Waals surface area contributed by atoms with Gasteiger partial charge in [0.25, 0.3) is 0 Å². The first-order valence-corrected chi connectivity index (χ1v) is 10.7. The summed E-state index contributed by atoms with van der Waals surface area (Å²) in [5.74, 6) is 2.26. The van der Waals surface area contributed by atoms with Gasteiger partial charge in [-0.3, -0.25) is 0 Å². The normalized spacial score (nSPS) is 12.8. The minimum absolute atomic E-state index is 0.0127. The Hall–Kier alpha value is -3.02. The van der Waals surface area contributed by atoms with Crippen LogP contribution in [0.5, 0.6) is 17.2 Å². The Morgan fingerprint density at radius 3 is 1.88 bits per heavy atom. The summed E-state index contributed by atoms with van der Waals surface area (Å²) in [6, 6.07) is 17.8. The lowest BCUT2D eigenvalue weighted by molar-refractivity contribution is 0.279. The zero-order chi connectivity index (χ0) is 23.3. The quantitative estimate of drug-likeness (QED) is 0.494. The first kappa shape index (κ1) is 23.6. The zero-order valence-corrected chi connectivity index (χ0v) is 19.4. The molecule has 0 aliphatic carbocycles. The molecule has 0 fully saturated rings. The van der Waals surface area contributed by atoms with Crippen LogP contribution in [0.4, 0.5) is 0 Å². The molecule has 0 radical (unpaired) electrons. The van der Waals surface area contributed by atoms with E-state index in [-0.39, 0.29) is 25.0 Å². The second-order valence-electron chi connectivity index (χ2n) is 7.90. The van der Waals surface area contributed by atoms with E-state index in [4.69, 9.17) is 14.2 Å². The van der Waals surface area contributed by atoms with E-state index < -0.39 is 0 Å². The third kappa shape index (κ3) is 4.74. The number of benzene rings is 3. The highest BCUT2D eigenvalue weighted by atomic mass is 16.5. The standard InChI is InChI=1S/C27H32O5/c1-17(20-8-6-19(15-28)7-9-20)24-14-25(26(31-4)12-21(24)16-29)18(2)23-11-10-22(30-3)13-27(23)32-5/h6-14,17-18,28-29H,15-16H2,1-5H3. The maximum absolute atomic E-state index is 10.1. The lowest BCUT2D eigenvalue weighted by atomic mass is 9.84. The summed E-state index contributed by atoms with van der Waals surface area (Å²) in [6.45, 7) is 4.18. The first-order chi connectivity index (χ1) is 15.5. The van der Waals surface area contributed by atoms with Crippen LogP contribution in [-0.2, 0) is 13.2 Å². The Labute approximate surface area is 190 Å². The summed E-state index contributed by atoms with van der Waals surface area (Å²) in [7, 11) is 4.94. The molecule has 5 heteroatoms. The molecule has 3 rings (SSSR count). The predicted molar refractivity (Wildman–Crippen MR) is 126 cm³/mol. The van der Waals surface area contributed by atoms with E-state index in [9.17, 15) is 10.2 Å². The summed E-state index contributed by atoms with van der Waals surface area (Å²) in [5.41, 5.74) is 5.90. The van der Waals surface area contributed by atoms with Gasteiger partial charge in [-0.1, -0.05) is 50.2 Å². The van der Waals surface area contributed by atoms with Gasteiger partial charge in [-0.05, 0) is 34.4 Å². The van der Waals surface area contributed by atoms with Crippen molar-refractivity contribution in [2.24, 2.45) is 0 Å². The van der Waals surface area contributed by atoms with Crippen molar-refractivity contribution >= 4 is 0 Å². The summed E-state index contributed by atoms with van der Waals surface area (Å²) >= 11 is 0. The van der Waals surface area contributed by atoms with Crippen molar-refractivity contribution in [3.63, 3.8) is 0 Å². The maximum atomic E-state index is 10.1. The molecular formula is C27H32O5. The van der Waals surface area contributed by atoms with Crippen molar-refractivity contribution in [2.75, 3.05) is 21.3 Å². The third-order valence-corrected chi connectivity index (χ3v) is 6.16. The van der Waals surface area contributed by atoms with Crippen molar-refractivity contribution in [3.8, 4) is 17.2 Å². The molecule has 0 amide bonds. The summed E-state index contributed by atoms with van der Waals surface area (Å²) in [5, 5.41) is 19.4. The Balaban J connectivity index is 2.10. The van der Waals surface area contributed by atoms with Gasteiger partial charge in [0.05, 0.1) is 34.5 Å². The minimum atomic E-state index is -0.0781. The van der Waals surface area contributed by atoms with Crippen molar-refractivity contribution in [1.82, 2.24) is 0 Å². The lowest BCUT2D eigenvalue weighted by Crippen LogP contribution is -2.08. The van der Waals surface area contributed by atoms with Crippen LogP contribution in [0.15, 0.2) is 54.6 Å². The molecule has 0 spiro atoms. The molecule has 0 aliphatic rings. The molecule has 2 N–H and O–H groups in total. The van der Waals surface area contributed by atoms with Gasteiger partial charge in [0.15, 0.2) is 0 Å². The fourth-order valence-electron chi connectivity index (χ4n) is 4.15. The van der Waals surface area contributed by atoms with Gasteiger partial charge in [-0.15, -0.1) is 0 Å². The highest BCUT2D eigenvalue weighted by Gasteiger charge is 2.22. The molecule has 0 heterocycles. The maximum Gasteiger partial charge on any atom is 0.126 e. The average molecular weight is 437 g/mol. The van der Waals surface area contributed by atoms with Crippen LogP contribution in [0, 0.1) is 0 Å². The zero-order valence-electron chi connectivity index (χ0n) is 19.4. The second-order valence-corrected chi connectivity index (χ2v) is 7.90. The number of methoxy groups -OCH3 is 3. The molecule has 170 valence electrons. The van der Waals surface area contributed by atoms with Crippen LogP contribution < -0.4 is 14.2 Å². The average Bonchev–Trinajstić information content (AvgIpc) is 2.86. The van der Waals surface area contributed by atoms with Gasteiger partial charge >= 0.3 is 0 Å². The Morgan fingerprint density at radius 2 is 1.31 bits per heavy atom. The smallest absolute Gasteiger partial charge is 0.126 e. The minimum Gasteiger partial charge on any atom is -0.497 e. The molecule has 0 aliphatic heterocycles. The van der Waals surface area contributed by atoms with Gasteiger partial charge in [0.2, 0.25) is 0 Å². The molecule has 2 unspecified atom stereocenters. The van der Waals surface area contributed by atoms with Crippen LogP contribution in [0.1, 0.15) is 59.1 Å². The fourth-order valence-corrected chi connectivity index (χ4v) is 4.15. The first-order valence-electron chi connectivity index (χ1n) is 10.7. The van der Waals surface area contributed by atoms with Gasteiger partial charge in [-0.2, -0.15) is 0 Å². The van der Waals surface area contributed by atoms with E-state index in [2.05, 4.69) is 19.9 Å². The molecule has 0 saturated heterocycles. The predicted octanol–water partition coefficient (Wildman–Crippen LogP) is 5.00. The topological polar surface area (TPSA) is 68.2 Å². The van der Waals surface area contributed by atoms with Crippen LogP contribution in [0.25, 0.3) is 0 Å². The van der Waals surface area contributed by atoms with E-state index in [1.165, 1.54) is 0 Å². The molecule has 0 aromatic heterocycles. The molecule has 0 bridgehead atoms. The number of aliphatic hydroxyl groups excluding tert-OH is 2. The van der Waals surface area contributed by atoms with Crippen LogP contribution in [0.2, 0.25) is 0 Å². The van der Waals surface area contributed by atoms with Crippen molar-refractivity contribution in [1.29, 1.82) is 0 Å². The van der Waals surface area contributed by atoms with Crippen molar-refractivity contribution < 1.29 is 24.4 Å². The molecular weight excluding hydrogens is 404 g/mol. The molecule has 32 heavy (non-hydrogen) atoms. The van der Waals surface area contributed by atoms with E-state index in [0.717, 1.165) is 50.6 Å². The van der Waals surface area contributed by atoms with Crippen LogP contribution >= 0.6 is 0 Å². The Kier molecular flexibility index (Phi) is 7.78. The molecule has 3 aromatic rings. The van der Waals surface area contributed by atoms with Crippen molar-refractivity contribution in [3.05, 3.63) is 88.0 Å². The molecule has 2 atom stereocenters. The molecule has 0 saturated carbocycles. The van der Waals surface area contributed by atoms with E-state index in [1.54, 1.807) is 21.3 Å². The number of rotatable bonds is 9. The summed E-state index contributed by atoms with van der Waals surface area (Å²) < 4.78 is 16.7. The largest absolute Gasteiger partial charge is 0.497 e. The fraction of sp³-hybridized carbons (Fsp3) is 0.333. The number of hydrogen-bond donors (Lipinski definition) is 2. The van der Waals surface area contributed by atoms with Crippen molar-refractivity contribution in [2.45, 2.75) is 38.9 Å². The Morgan fingerprint density at radius 1 is 0.656 bits per heavy atom. The highest BCUT2D eigenvalue weighted by molar-refractivity contribution is 5.53. The molecule has 3 aromatic carbocycles. The number of hydrogen-bond acceptors (Lipinski definition) is 5. The van der Waals surface area contributed by atoms with Gasteiger partial charge in [-0.25, -0.2) is 0 Å².